The number of rotatable bonds is 6. The van der Waals surface area contributed by atoms with Gasteiger partial charge in [-0.25, -0.2) is 4.79 Å². The fourth-order valence-corrected chi connectivity index (χ4v) is 6.52. The van der Waals surface area contributed by atoms with Crippen molar-refractivity contribution in [2.45, 2.75) is 74.6 Å². The number of hydrogen-bond acceptors (Lipinski definition) is 6. The molecule has 31 heavy (non-hydrogen) atoms. The summed E-state index contributed by atoms with van der Waals surface area (Å²) in [5.74, 6) is 0.804. The number of β-lactam (4-membered cyclic amide) rings is 1. The van der Waals surface area contributed by atoms with Crippen molar-refractivity contribution in [1.82, 2.24) is 15.1 Å². The van der Waals surface area contributed by atoms with Crippen LogP contribution in [0.4, 0.5) is 0 Å². The van der Waals surface area contributed by atoms with Crippen molar-refractivity contribution < 1.29 is 14.7 Å². The number of amidine groups is 1. The van der Waals surface area contributed by atoms with Gasteiger partial charge in [0.25, 0.3) is 5.91 Å². The van der Waals surface area contributed by atoms with Crippen molar-refractivity contribution in [2.24, 2.45) is 15.9 Å². The number of hydrogen-bond donors (Lipinski definition) is 2. The molecule has 0 radical (unpaired) electrons. The summed E-state index contributed by atoms with van der Waals surface area (Å²) in [5, 5.41) is 12.8. The minimum Gasteiger partial charge on any atom is -0.480 e. The molecule has 4 aliphatic heterocycles. The maximum Gasteiger partial charge on any atom is 0.327 e. The van der Waals surface area contributed by atoms with E-state index in [1.54, 1.807) is 11.8 Å². The molecule has 4 aliphatic rings. The molecular weight excluding hydrogens is 438 g/mol. The number of aliphatic carboxylic acids is 1. The van der Waals surface area contributed by atoms with E-state index in [9.17, 15) is 14.7 Å². The summed E-state index contributed by atoms with van der Waals surface area (Å²) in [6.07, 6.45) is 8.71. The Bertz CT molecular complexity index is 739. The topological polar surface area (TPSA) is 97.6 Å². The lowest BCUT2D eigenvalue weighted by Crippen LogP contribution is -2.65. The Balaban J connectivity index is 0.00000272. The van der Waals surface area contributed by atoms with E-state index in [4.69, 9.17) is 0 Å². The highest BCUT2D eigenvalue weighted by Gasteiger charge is 2.63. The second kappa shape index (κ2) is 9.98. The van der Waals surface area contributed by atoms with E-state index in [0.717, 1.165) is 45.4 Å². The van der Waals surface area contributed by atoms with Gasteiger partial charge in [0, 0.05) is 37.3 Å². The fourth-order valence-electron chi connectivity index (χ4n) is 4.90. The number of carboxylic acid groups (broad SMARTS) is 1. The van der Waals surface area contributed by atoms with Gasteiger partial charge in [-0.2, -0.15) is 0 Å². The first-order valence-electron chi connectivity index (χ1n) is 11.1. The number of amides is 1. The quantitative estimate of drug-likeness (QED) is 0.350. The van der Waals surface area contributed by atoms with Gasteiger partial charge in [-0.3, -0.25) is 14.8 Å². The van der Waals surface area contributed by atoms with Crippen LogP contribution >= 0.6 is 24.2 Å². The molecule has 0 aliphatic carbocycles. The lowest BCUT2D eigenvalue weighted by Gasteiger charge is -2.41. The van der Waals surface area contributed by atoms with Gasteiger partial charge in [-0.1, -0.05) is 0 Å². The van der Waals surface area contributed by atoms with Crippen molar-refractivity contribution in [3.05, 3.63) is 0 Å². The zero-order valence-electron chi connectivity index (χ0n) is 18.3. The second-order valence-electron chi connectivity index (χ2n) is 9.29. The molecule has 1 amide bonds. The second-order valence-corrected chi connectivity index (χ2v) is 11.1. The number of piperidine rings is 1. The monoisotopic (exact) mass is 471 g/mol. The van der Waals surface area contributed by atoms with E-state index in [1.165, 1.54) is 30.0 Å². The number of aliphatic imine (C=N–C) groups is 2. The molecule has 3 saturated heterocycles. The van der Waals surface area contributed by atoms with Crippen LogP contribution in [-0.2, 0) is 9.59 Å². The first-order valence-corrected chi connectivity index (χ1v) is 12.0. The molecule has 0 aromatic heterocycles. The summed E-state index contributed by atoms with van der Waals surface area (Å²) in [7, 11) is 0. The number of carbonyl (C=O) groups is 2. The average Bonchev–Trinajstić information content (AvgIpc) is 2.85. The molecule has 3 fully saturated rings. The lowest BCUT2D eigenvalue weighted by atomic mass is 9.92. The van der Waals surface area contributed by atoms with E-state index < -0.39 is 22.8 Å². The van der Waals surface area contributed by atoms with Gasteiger partial charge in [0.1, 0.15) is 11.4 Å². The summed E-state index contributed by atoms with van der Waals surface area (Å²) in [5.41, 5.74) is 0. The number of thioether (sulfide) groups is 1. The standard InChI is InChI=1S/C21H33N5O3S.ClH/c1-21(2)17(20(28)29)26-18(27)16(19(26)30-21)24-13-25-11-7-14(8-12-25)5-6-15-22-9-3-4-10-23-15;/h13-14,16-17,19H,3-12H2,1-2H3,(H,22,23)(H,28,29);1H/t16-,17+,19-;/m1./s1. The molecule has 0 aromatic rings. The van der Waals surface area contributed by atoms with Gasteiger partial charge in [-0.15, -0.1) is 24.2 Å². The van der Waals surface area contributed by atoms with Crippen LogP contribution in [0.25, 0.3) is 0 Å². The van der Waals surface area contributed by atoms with Gasteiger partial charge in [0.2, 0.25) is 0 Å². The van der Waals surface area contributed by atoms with Gasteiger partial charge in [0.05, 0.1) is 12.2 Å². The molecule has 0 unspecified atom stereocenters. The summed E-state index contributed by atoms with van der Waals surface area (Å²) in [4.78, 5) is 37.0. The normalized spacial score (nSPS) is 30.7. The lowest BCUT2D eigenvalue weighted by molar-refractivity contribution is -0.158. The Morgan fingerprint density at radius 2 is 2.10 bits per heavy atom. The summed E-state index contributed by atoms with van der Waals surface area (Å²) < 4.78 is -0.495. The Hall–Kier alpha value is -1.48. The minimum atomic E-state index is -0.933. The molecule has 4 rings (SSSR count). The minimum absolute atomic E-state index is 0. The molecule has 0 aromatic carbocycles. The van der Waals surface area contributed by atoms with Gasteiger partial charge < -0.3 is 20.2 Å². The number of likely N-dealkylation sites (tertiary alicyclic amines) is 1. The predicted molar refractivity (Wildman–Crippen MR) is 126 cm³/mol. The van der Waals surface area contributed by atoms with Crippen molar-refractivity contribution in [2.75, 3.05) is 26.2 Å². The molecule has 4 heterocycles. The molecule has 0 bridgehead atoms. The molecular formula is C21H34ClN5O3S. The summed E-state index contributed by atoms with van der Waals surface area (Å²) in [6, 6.07) is -1.22. The molecule has 3 atom stereocenters. The Labute approximate surface area is 194 Å². The number of fused-ring (bicyclic) bond motifs is 1. The van der Waals surface area contributed by atoms with Crippen LogP contribution in [0.1, 0.15) is 52.4 Å². The van der Waals surface area contributed by atoms with E-state index in [0.29, 0.717) is 5.92 Å². The van der Waals surface area contributed by atoms with E-state index in [1.807, 2.05) is 20.2 Å². The van der Waals surface area contributed by atoms with Gasteiger partial charge in [0.15, 0.2) is 6.04 Å². The van der Waals surface area contributed by atoms with Crippen LogP contribution < -0.4 is 5.32 Å². The van der Waals surface area contributed by atoms with Crippen molar-refractivity contribution in [3.8, 4) is 0 Å². The Morgan fingerprint density at radius 3 is 2.81 bits per heavy atom. The van der Waals surface area contributed by atoms with Crippen LogP contribution in [0, 0.1) is 5.92 Å². The number of carbonyl (C=O) groups excluding carboxylic acids is 1. The Kier molecular flexibility index (Phi) is 7.78. The largest absolute Gasteiger partial charge is 0.480 e. The molecule has 0 saturated carbocycles. The van der Waals surface area contributed by atoms with Crippen molar-refractivity contribution >= 4 is 48.2 Å². The van der Waals surface area contributed by atoms with Crippen molar-refractivity contribution in [3.63, 3.8) is 0 Å². The zero-order chi connectivity index (χ0) is 21.3. The van der Waals surface area contributed by atoms with E-state index >= 15 is 0 Å². The Morgan fingerprint density at radius 1 is 1.35 bits per heavy atom. The third kappa shape index (κ3) is 5.13. The van der Waals surface area contributed by atoms with Crippen LogP contribution in [0.3, 0.4) is 0 Å². The fraction of sp³-hybridized carbons (Fsp3) is 0.810. The third-order valence-electron chi connectivity index (χ3n) is 6.69. The highest BCUT2D eigenvalue weighted by molar-refractivity contribution is 8.01. The van der Waals surface area contributed by atoms with Crippen LogP contribution in [0.5, 0.6) is 0 Å². The SMILES string of the molecule is CC1(C)S[C@@H]2[C@H](N=CN3CCC(CCC4=NCCCCN4)CC3)C(=O)N2[C@H]1C(=O)O.Cl. The molecule has 2 N–H and O–H groups in total. The molecule has 174 valence electrons. The van der Waals surface area contributed by atoms with E-state index in [2.05, 4.69) is 20.2 Å². The maximum absolute atomic E-state index is 12.5. The van der Waals surface area contributed by atoms with Crippen LogP contribution in [0.15, 0.2) is 9.98 Å². The predicted octanol–water partition coefficient (Wildman–Crippen LogP) is 2.23. The summed E-state index contributed by atoms with van der Waals surface area (Å²) >= 11 is 1.55. The molecule has 10 heteroatoms. The van der Waals surface area contributed by atoms with Gasteiger partial charge >= 0.3 is 5.97 Å². The highest BCUT2D eigenvalue weighted by Crippen LogP contribution is 2.51. The van der Waals surface area contributed by atoms with Crippen LogP contribution in [0.2, 0.25) is 0 Å². The number of nitrogens with zero attached hydrogens (tertiary/aromatic N) is 4. The van der Waals surface area contributed by atoms with E-state index in [-0.39, 0.29) is 23.7 Å². The first-order chi connectivity index (χ1) is 14.4. The molecule has 0 spiro atoms. The van der Waals surface area contributed by atoms with Crippen LogP contribution in [-0.4, -0.2) is 87.3 Å². The maximum atomic E-state index is 12.5. The number of nitrogens with one attached hydrogen (secondary N) is 1. The van der Waals surface area contributed by atoms with Crippen molar-refractivity contribution in [1.29, 1.82) is 0 Å². The smallest absolute Gasteiger partial charge is 0.327 e. The zero-order valence-corrected chi connectivity index (χ0v) is 20.0. The number of halogens is 1. The van der Waals surface area contributed by atoms with Gasteiger partial charge in [-0.05, 0) is 51.9 Å². The highest BCUT2D eigenvalue weighted by atomic mass is 35.5. The summed E-state index contributed by atoms with van der Waals surface area (Å²) in [6.45, 7) is 7.71. The number of carboxylic acids is 1. The average molecular weight is 472 g/mol. The first kappa shape index (κ1) is 24.2. The third-order valence-corrected chi connectivity index (χ3v) is 8.25. The molecule has 8 nitrogen and oxygen atoms in total.